The van der Waals surface area contributed by atoms with Crippen LogP contribution in [0.5, 0.6) is 0 Å². The summed E-state index contributed by atoms with van der Waals surface area (Å²) in [5, 5.41) is 0. The Labute approximate surface area is 146 Å². The van der Waals surface area contributed by atoms with Crippen LogP contribution in [0.4, 0.5) is 0 Å². The van der Waals surface area contributed by atoms with Gasteiger partial charge in [0.25, 0.3) is 5.91 Å². The summed E-state index contributed by atoms with van der Waals surface area (Å²) >= 11 is 0. The second-order valence-electron chi connectivity index (χ2n) is 5.79. The molecule has 0 saturated carbocycles. The Morgan fingerprint density at radius 1 is 1.20 bits per heavy atom. The fourth-order valence-electron chi connectivity index (χ4n) is 2.67. The van der Waals surface area contributed by atoms with Crippen LogP contribution < -0.4 is 4.72 Å². The zero-order valence-electron chi connectivity index (χ0n) is 13.6. The van der Waals surface area contributed by atoms with Crippen LogP contribution in [0.2, 0.25) is 0 Å². The van der Waals surface area contributed by atoms with Gasteiger partial charge < -0.3 is 14.1 Å². The van der Waals surface area contributed by atoms with E-state index in [-0.39, 0.29) is 24.7 Å². The molecule has 2 heterocycles. The summed E-state index contributed by atoms with van der Waals surface area (Å²) in [6, 6.07) is 12.3. The minimum Gasteiger partial charge on any atom is -0.468 e. The molecule has 25 heavy (non-hydrogen) atoms. The zero-order chi connectivity index (χ0) is 17.7. The molecule has 0 aliphatic carbocycles. The molecule has 1 fully saturated rings. The third-order valence-corrected chi connectivity index (χ3v) is 5.29. The number of nitrogens with zero attached hydrogens (tertiary/aromatic N) is 1. The number of amides is 1. The average Bonchev–Trinajstić information content (AvgIpc) is 3.14. The van der Waals surface area contributed by atoms with Crippen molar-refractivity contribution in [1.29, 1.82) is 0 Å². The Morgan fingerprint density at radius 2 is 2.00 bits per heavy atom. The van der Waals surface area contributed by atoms with Crippen LogP contribution in [0.3, 0.4) is 0 Å². The summed E-state index contributed by atoms with van der Waals surface area (Å²) in [6.45, 7) is 1.10. The number of benzene rings is 1. The van der Waals surface area contributed by atoms with Gasteiger partial charge in [-0.1, -0.05) is 18.2 Å². The molecular weight excluding hydrogens is 344 g/mol. The van der Waals surface area contributed by atoms with Crippen molar-refractivity contribution in [3.8, 4) is 0 Å². The van der Waals surface area contributed by atoms with Gasteiger partial charge in [0.1, 0.15) is 5.76 Å². The van der Waals surface area contributed by atoms with E-state index in [1.165, 1.54) is 6.26 Å². The van der Waals surface area contributed by atoms with Crippen LogP contribution in [0.25, 0.3) is 0 Å². The van der Waals surface area contributed by atoms with Crippen LogP contribution in [0.1, 0.15) is 16.1 Å². The number of furan rings is 1. The first-order valence-corrected chi connectivity index (χ1v) is 9.64. The summed E-state index contributed by atoms with van der Waals surface area (Å²) in [6.07, 6.45) is 0.927. The molecule has 1 atom stereocenters. The Hall–Kier alpha value is -2.16. The quantitative estimate of drug-likeness (QED) is 0.833. The standard InChI is InChI=1S/C17H20N2O5S/c20-17(14-5-2-1-3-6-14)19-8-10-24-16(12-19)13-25(21,22)18-11-15-7-4-9-23-15/h1-7,9,16,18H,8,10-13H2/t16-/m1/s1. The lowest BCUT2D eigenvalue weighted by Gasteiger charge is -2.32. The second kappa shape index (κ2) is 7.81. The highest BCUT2D eigenvalue weighted by Gasteiger charge is 2.28. The molecule has 1 aromatic heterocycles. The molecule has 1 amide bonds. The molecule has 2 aromatic rings. The van der Waals surface area contributed by atoms with Crippen LogP contribution in [-0.4, -0.2) is 50.8 Å². The number of carbonyl (C=O) groups is 1. The number of nitrogens with one attached hydrogen (secondary N) is 1. The van der Waals surface area contributed by atoms with Crippen molar-refractivity contribution in [2.45, 2.75) is 12.6 Å². The number of sulfonamides is 1. The lowest BCUT2D eigenvalue weighted by atomic mass is 10.2. The maximum Gasteiger partial charge on any atom is 0.254 e. The molecular formula is C17H20N2O5S. The zero-order valence-corrected chi connectivity index (χ0v) is 14.4. The minimum atomic E-state index is -3.54. The van der Waals surface area contributed by atoms with Crippen molar-refractivity contribution in [2.75, 3.05) is 25.4 Å². The Morgan fingerprint density at radius 3 is 2.72 bits per heavy atom. The second-order valence-corrected chi connectivity index (χ2v) is 7.64. The molecule has 0 unspecified atom stereocenters. The van der Waals surface area contributed by atoms with Gasteiger partial charge in [-0.25, -0.2) is 13.1 Å². The topological polar surface area (TPSA) is 88.8 Å². The maximum atomic E-state index is 12.5. The Balaban J connectivity index is 1.56. The molecule has 3 rings (SSSR count). The number of carbonyl (C=O) groups excluding carboxylic acids is 1. The van der Waals surface area contributed by atoms with Crippen LogP contribution in [0, 0.1) is 0 Å². The van der Waals surface area contributed by atoms with Crippen molar-refractivity contribution in [3.05, 3.63) is 60.1 Å². The normalized spacial score (nSPS) is 18.2. The third-order valence-electron chi connectivity index (χ3n) is 3.90. The highest BCUT2D eigenvalue weighted by Crippen LogP contribution is 2.12. The SMILES string of the molecule is O=C(c1ccccc1)N1CCO[C@@H](CS(=O)(=O)NCc2ccco2)C1. The molecule has 7 nitrogen and oxygen atoms in total. The van der Waals surface area contributed by atoms with Crippen LogP contribution in [0.15, 0.2) is 53.1 Å². The smallest absolute Gasteiger partial charge is 0.254 e. The summed E-state index contributed by atoms with van der Waals surface area (Å²) in [7, 11) is -3.54. The van der Waals surface area contributed by atoms with Gasteiger partial charge in [-0.15, -0.1) is 0 Å². The van der Waals surface area contributed by atoms with E-state index in [4.69, 9.17) is 9.15 Å². The molecule has 0 bridgehead atoms. The first kappa shape index (κ1) is 17.7. The average molecular weight is 364 g/mol. The maximum absolute atomic E-state index is 12.5. The number of rotatable bonds is 6. The van der Waals surface area contributed by atoms with E-state index in [1.54, 1.807) is 41.3 Å². The minimum absolute atomic E-state index is 0.0920. The highest BCUT2D eigenvalue weighted by atomic mass is 32.2. The largest absolute Gasteiger partial charge is 0.468 e. The number of ether oxygens (including phenoxy) is 1. The summed E-state index contributed by atoms with van der Waals surface area (Å²) in [5.41, 5.74) is 0.585. The molecule has 1 aliphatic heterocycles. The van der Waals surface area contributed by atoms with E-state index >= 15 is 0 Å². The summed E-state index contributed by atoms with van der Waals surface area (Å²) in [5.74, 6) is 0.218. The van der Waals surface area contributed by atoms with Gasteiger partial charge in [0.2, 0.25) is 10.0 Å². The van der Waals surface area contributed by atoms with E-state index in [0.29, 0.717) is 24.5 Å². The van der Waals surface area contributed by atoms with E-state index in [0.717, 1.165) is 0 Å². The molecule has 1 N–H and O–H groups in total. The van der Waals surface area contributed by atoms with Crippen molar-refractivity contribution in [3.63, 3.8) is 0 Å². The van der Waals surface area contributed by atoms with Crippen LogP contribution >= 0.6 is 0 Å². The fraction of sp³-hybridized carbons (Fsp3) is 0.353. The van der Waals surface area contributed by atoms with Gasteiger partial charge in [-0.05, 0) is 24.3 Å². The number of morpholine rings is 1. The summed E-state index contributed by atoms with van der Waals surface area (Å²) < 4.78 is 37.5. The third kappa shape index (κ3) is 4.91. The molecule has 8 heteroatoms. The van der Waals surface area contributed by atoms with Gasteiger partial charge in [0.15, 0.2) is 0 Å². The Kier molecular flexibility index (Phi) is 5.52. The predicted molar refractivity (Wildman–Crippen MR) is 91.4 cm³/mol. The predicted octanol–water partition coefficient (Wildman–Crippen LogP) is 1.24. The first-order valence-electron chi connectivity index (χ1n) is 7.99. The molecule has 134 valence electrons. The van der Waals surface area contributed by atoms with E-state index < -0.39 is 16.1 Å². The number of hydrogen-bond acceptors (Lipinski definition) is 5. The molecule has 1 aromatic carbocycles. The van der Waals surface area contributed by atoms with Gasteiger partial charge in [0, 0.05) is 18.7 Å². The first-order chi connectivity index (χ1) is 12.0. The molecule has 1 saturated heterocycles. The molecule has 0 spiro atoms. The van der Waals surface area contributed by atoms with Crippen LogP contribution in [-0.2, 0) is 21.3 Å². The molecule has 0 radical (unpaired) electrons. The highest BCUT2D eigenvalue weighted by molar-refractivity contribution is 7.89. The lowest BCUT2D eigenvalue weighted by molar-refractivity contribution is -0.0110. The van der Waals surface area contributed by atoms with Gasteiger partial charge in [0.05, 0.1) is 31.3 Å². The fourth-order valence-corrected chi connectivity index (χ4v) is 3.84. The van der Waals surface area contributed by atoms with Gasteiger partial charge >= 0.3 is 0 Å². The van der Waals surface area contributed by atoms with Crippen molar-refractivity contribution >= 4 is 15.9 Å². The van der Waals surface area contributed by atoms with Gasteiger partial charge in [-0.2, -0.15) is 0 Å². The van der Waals surface area contributed by atoms with E-state index in [1.807, 2.05) is 6.07 Å². The lowest BCUT2D eigenvalue weighted by Crippen LogP contribution is -2.49. The summed E-state index contributed by atoms with van der Waals surface area (Å²) in [4.78, 5) is 14.1. The monoisotopic (exact) mass is 364 g/mol. The number of hydrogen-bond donors (Lipinski definition) is 1. The molecule has 1 aliphatic rings. The van der Waals surface area contributed by atoms with Crippen molar-refractivity contribution in [2.24, 2.45) is 0 Å². The van der Waals surface area contributed by atoms with E-state index in [9.17, 15) is 13.2 Å². The van der Waals surface area contributed by atoms with E-state index in [2.05, 4.69) is 4.72 Å². The Bertz CT molecular complexity index is 790. The van der Waals surface area contributed by atoms with Crippen molar-refractivity contribution < 1.29 is 22.4 Å². The van der Waals surface area contributed by atoms with Gasteiger partial charge in [-0.3, -0.25) is 4.79 Å². The van der Waals surface area contributed by atoms with Crippen molar-refractivity contribution in [1.82, 2.24) is 9.62 Å².